The molecule has 28 heavy (non-hydrogen) atoms. The smallest absolute Gasteiger partial charge is 0.206 e. The number of hydrogen-bond acceptors (Lipinski definition) is 4. The van der Waals surface area contributed by atoms with Crippen molar-refractivity contribution >= 4 is 31.7 Å². The molecule has 6 rings (SSSR count). The fourth-order valence-electron chi connectivity index (χ4n) is 5.00. The first-order chi connectivity index (χ1) is 13.5. The molecule has 1 N–H and O–H groups in total. The van der Waals surface area contributed by atoms with Crippen molar-refractivity contribution < 1.29 is 12.8 Å². The molecule has 4 aromatic rings. The lowest BCUT2D eigenvalue weighted by Crippen LogP contribution is -2.32. The van der Waals surface area contributed by atoms with Gasteiger partial charge in [-0.2, -0.15) is 0 Å². The largest absolute Gasteiger partial charge is 0.464 e. The Morgan fingerprint density at radius 2 is 1.89 bits per heavy atom. The van der Waals surface area contributed by atoms with Gasteiger partial charge in [-0.3, -0.25) is 0 Å². The molecule has 0 amide bonds. The highest BCUT2D eigenvalue weighted by Crippen LogP contribution is 2.42. The fourth-order valence-corrected chi connectivity index (χ4v) is 6.32. The van der Waals surface area contributed by atoms with Gasteiger partial charge < -0.3 is 14.3 Å². The zero-order valence-corrected chi connectivity index (χ0v) is 16.3. The monoisotopic (exact) mass is 392 g/mol. The summed E-state index contributed by atoms with van der Waals surface area (Å²) in [6.45, 7) is 0. The van der Waals surface area contributed by atoms with Crippen LogP contribution in [0.4, 0.5) is 0 Å². The van der Waals surface area contributed by atoms with Gasteiger partial charge in [-0.15, -0.1) is 0 Å². The Morgan fingerprint density at radius 1 is 1.07 bits per heavy atom. The molecule has 1 saturated heterocycles. The van der Waals surface area contributed by atoms with Gasteiger partial charge in [-0.05, 0) is 60.9 Å². The Kier molecular flexibility index (Phi) is 3.21. The molecule has 0 radical (unpaired) electrons. The van der Waals surface area contributed by atoms with Gasteiger partial charge in [-0.1, -0.05) is 0 Å². The van der Waals surface area contributed by atoms with Crippen LogP contribution in [0.15, 0.2) is 62.9 Å². The molecule has 142 valence electrons. The van der Waals surface area contributed by atoms with Crippen molar-refractivity contribution in [2.24, 2.45) is 7.05 Å². The van der Waals surface area contributed by atoms with E-state index in [2.05, 4.69) is 16.9 Å². The number of sulfone groups is 1. The van der Waals surface area contributed by atoms with E-state index in [0.29, 0.717) is 27.5 Å². The third kappa shape index (κ3) is 2.13. The van der Waals surface area contributed by atoms with Crippen LogP contribution in [0.1, 0.15) is 30.1 Å². The van der Waals surface area contributed by atoms with E-state index in [4.69, 9.17) is 4.42 Å². The molecule has 0 aliphatic carbocycles. The van der Waals surface area contributed by atoms with Crippen LogP contribution in [0, 0.1) is 0 Å². The van der Waals surface area contributed by atoms with Crippen molar-refractivity contribution in [1.29, 1.82) is 0 Å². The van der Waals surface area contributed by atoms with Crippen molar-refractivity contribution in [1.82, 2.24) is 9.88 Å². The third-order valence-corrected chi connectivity index (χ3v) is 8.16. The van der Waals surface area contributed by atoms with Crippen LogP contribution in [-0.4, -0.2) is 19.0 Å². The molecule has 2 atom stereocenters. The minimum Gasteiger partial charge on any atom is -0.464 e. The van der Waals surface area contributed by atoms with E-state index in [-0.39, 0.29) is 0 Å². The summed E-state index contributed by atoms with van der Waals surface area (Å²) in [6, 6.07) is 13.2. The zero-order valence-electron chi connectivity index (χ0n) is 15.5. The van der Waals surface area contributed by atoms with Crippen LogP contribution < -0.4 is 5.32 Å². The topological polar surface area (TPSA) is 64.2 Å². The van der Waals surface area contributed by atoms with E-state index in [1.54, 1.807) is 36.6 Å². The zero-order chi connectivity index (χ0) is 19.0. The fraction of sp³-hybridized carbons (Fsp3) is 0.273. The SMILES string of the molecule is Cn1c2c(c3cc(S(=O)(=O)c4ccc5occc5c4)ccc31)C1CCC(C2)N1. The van der Waals surface area contributed by atoms with Gasteiger partial charge in [0.15, 0.2) is 0 Å². The number of aryl methyl sites for hydroxylation is 1. The second-order valence-corrected chi connectivity index (χ2v) is 9.87. The number of fused-ring (bicyclic) bond motifs is 7. The van der Waals surface area contributed by atoms with Crippen molar-refractivity contribution in [3.63, 3.8) is 0 Å². The maximum atomic E-state index is 13.3. The van der Waals surface area contributed by atoms with Gasteiger partial charge >= 0.3 is 0 Å². The van der Waals surface area contributed by atoms with E-state index >= 15 is 0 Å². The van der Waals surface area contributed by atoms with Gasteiger partial charge in [0.25, 0.3) is 0 Å². The Morgan fingerprint density at radius 3 is 2.79 bits per heavy atom. The van der Waals surface area contributed by atoms with Crippen molar-refractivity contribution in [3.05, 3.63) is 60.0 Å². The van der Waals surface area contributed by atoms with Crippen molar-refractivity contribution in [3.8, 4) is 0 Å². The highest BCUT2D eigenvalue weighted by atomic mass is 32.2. The number of hydrogen-bond donors (Lipinski definition) is 1. The van der Waals surface area contributed by atoms with Gasteiger partial charge in [0.05, 0.1) is 16.1 Å². The summed E-state index contributed by atoms with van der Waals surface area (Å²) in [5, 5.41) is 5.53. The van der Waals surface area contributed by atoms with Crippen molar-refractivity contribution in [2.75, 3.05) is 0 Å². The quantitative estimate of drug-likeness (QED) is 0.558. The summed E-state index contributed by atoms with van der Waals surface area (Å²) in [5.74, 6) is 0. The average Bonchev–Trinajstić information content (AvgIpc) is 3.39. The Bertz CT molecular complexity index is 1360. The molecular formula is C22H20N2O3S. The highest BCUT2D eigenvalue weighted by molar-refractivity contribution is 7.91. The standard InChI is InChI=1S/C22H20N2O3S/c1-24-19-6-3-16(12-17(19)22-18-5-2-14(23-18)11-20(22)24)28(25,26)15-4-7-21-13(10-15)8-9-27-21/h3-4,6-10,12,14,18,23H,2,5,11H2,1H3. The molecule has 0 saturated carbocycles. The summed E-state index contributed by atoms with van der Waals surface area (Å²) in [6.07, 6.45) is 4.88. The summed E-state index contributed by atoms with van der Waals surface area (Å²) < 4.78 is 34.2. The van der Waals surface area contributed by atoms with Gasteiger partial charge in [0, 0.05) is 47.5 Å². The Labute approximate surface area is 162 Å². The molecule has 2 aliphatic rings. The summed E-state index contributed by atoms with van der Waals surface area (Å²) >= 11 is 0. The number of rotatable bonds is 2. The Balaban J connectivity index is 1.55. The molecule has 1 fully saturated rings. The minimum absolute atomic E-state index is 0.296. The number of nitrogens with zero attached hydrogens (tertiary/aromatic N) is 1. The number of nitrogens with one attached hydrogen (secondary N) is 1. The molecule has 2 unspecified atom stereocenters. The molecule has 4 heterocycles. The Hall–Kier alpha value is -2.57. The molecule has 2 aliphatic heterocycles. The lowest BCUT2D eigenvalue weighted by Gasteiger charge is -2.23. The number of furan rings is 1. The molecule has 5 nitrogen and oxygen atoms in total. The first kappa shape index (κ1) is 16.4. The summed E-state index contributed by atoms with van der Waals surface area (Å²) in [5.41, 5.74) is 4.42. The summed E-state index contributed by atoms with van der Waals surface area (Å²) in [7, 11) is -1.51. The normalized spacial score (nSPS) is 21.5. The molecule has 2 bridgehead atoms. The first-order valence-electron chi connectivity index (χ1n) is 9.62. The lowest BCUT2D eigenvalue weighted by molar-refractivity contribution is 0.503. The average molecular weight is 392 g/mol. The van der Waals surface area contributed by atoms with Crippen LogP contribution in [0.3, 0.4) is 0 Å². The maximum absolute atomic E-state index is 13.3. The van der Waals surface area contributed by atoms with Crippen LogP contribution in [-0.2, 0) is 23.3 Å². The highest BCUT2D eigenvalue weighted by Gasteiger charge is 2.36. The van der Waals surface area contributed by atoms with Gasteiger partial charge in [0.2, 0.25) is 9.84 Å². The van der Waals surface area contributed by atoms with Crippen LogP contribution in [0.5, 0.6) is 0 Å². The molecular weight excluding hydrogens is 372 g/mol. The third-order valence-electron chi connectivity index (χ3n) is 6.41. The van der Waals surface area contributed by atoms with Crippen LogP contribution >= 0.6 is 0 Å². The van der Waals surface area contributed by atoms with E-state index in [9.17, 15) is 8.42 Å². The number of aromatic nitrogens is 1. The molecule has 2 aromatic carbocycles. The first-order valence-corrected chi connectivity index (χ1v) is 11.1. The molecule has 6 heteroatoms. The number of benzene rings is 2. The minimum atomic E-state index is -3.60. The second-order valence-electron chi connectivity index (χ2n) is 7.92. The molecule has 0 spiro atoms. The predicted octanol–water partition coefficient (Wildman–Crippen LogP) is 4.11. The van der Waals surface area contributed by atoms with Crippen LogP contribution in [0.25, 0.3) is 21.9 Å². The van der Waals surface area contributed by atoms with E-state index in [1.807, 2.05) is 12.1 Å². The predicted molar refractivity (Wildman–Crippen MR) is 107 cm³/mol. The van der Waals surface area contributed by atoms with Gasteiger partial charge in [0.1, 0.15) is 5.58 Å². The van der Waals surface area contributed by atoms with Crippen molar-refractivity contribution in [2.45, 2.75) is 41.1 Å². The molecule has 2 aromatic heterocycles. The van der Waals surface area contributed by atoms with E-state index < -0.39 is 9.84 Å². The summed E-state index contributed by atoms with van der Waals surface area (Å²) in [4.78, 5) is 0.640. The second kappa shape index (κ2) is 5.49. The maximum Gasteiger partial charge on any atom is 0.206 e. The van der Waals surface area contributed by atoms with E-state index in [1.165, 1.54) is 17.7 Å². The lowest BCUT2D eigenvalue weighted by atomic mass is 9.99. The van der Waals surface area contributed by atoms with Gasteiger partial charge in [-0.25, -0.2) is 8.42 Å². The van der Waals surface area contributed by atoms with Crippen LogP contribution in [0.2, 0.25) is 0 Å². The van der Waals surface area contributed by atoms with E-state index in [0.717, 1.165) is 29.1 Å².